The molecule has 1 aliphatic carbocycles. The highest BCUT2D eigenvalue weighted by Gasteiger charge is 2.64. The zero-order valence-electron chi connectivity index (χ0n) is 20.0. The number of nitrogens with two attached hydrogens (primary N) is 1. The Morgan fingerprint density at radius 1 is 1.08 bits per heavy atom. The van der Waals surface area contributed by atoms with Gasteiger partial charge in [0.2, 0.25) is 0 Å². The molecule has 1 aromatic heterocycles. The highest BCUT2D eigenvalue weighted by atomic mass is 19.4. The molecule has 2 aliphatic heterocycles. The van der Waals surface area contributed by atoms with Crippen molar-refractivity contribution in [3.05, 3.63) is 70.8 Å². The number of rotatable bonds is 1. The first kappa shape index (κ1) is 21.9. The summed E-state index contributed by atoms with van der Waals surface area (Å²) in [6, 6.07) is 15.3. The fourth-order valence-corrected chi connectivity index (χ4v) is 7.51. The molecular formula is C29H26F3N3O. The summed E-state index contributed by atoms with van der Waals surface area (Å²) < 4.78 is 45.8. The Hall–Kier alpha value is -3.32. The summed E-state index contributed by atoms with van der Waals surface area (Å²) in [6.07, 6.45) is -4.33. The number of aryl methyl sites for hydroxylation is 1. The highest BCUT2D eigenvalue weighted by molar-refractivity contribution is 6.22. The summed E-state index contributed by atoms with van der Waals surface area (Å²) in [5.41, 5.74) is 11.1. The Morgan fingerprint density at radius 3 is 2.56 bits per heavy atom. The first-order valence-corrected chi connectivity index (χ1v) is 12.4. The first-order valence-electron chi connectivity index (χ1n) is 12.4. The Bertz CT molecular complexity index is 1620. The van der Waals surface area contributed by atoms with Crippen LogP contribution in [0.3, 0.4) is 0 Å². The molecule has 0 spiro atoms. The number of para-hydroxylation sites is 1. The lowest BCUT2D eigenvalue weighted by molar-refractivity contribution is -0.197. The van der Waals surface area contributed by atoms with E-state index in [1.165, 1.54) is 0 Å². The van der Waals surface area contributed by atoms with E-state index in [0.29, 0.717) is 18.5 Å². The van der Waals surface area contributed by atoms with Crippen molar-refractivity contribution in [1.29, 1.82) is 0 Å². The van der Waals surface area contributed by atoms with Crippen LogP contribution >= 0.6 is 0 Å². The van der Waals surface area contributed by atoms with Gasteiger partial charge in [-0.2, -0.15) is 13.2 Å². The normalized spacial score (nSPS) is 26.9. The Balaban J connectivity index is 1.72. The number of alkyl halides is 3. The van der Waals surface area contributed by atoms with Gasteiger partial charge in [-0.1, -0.05) is 49.4 Å². The van der Waals surface area contributed by atoms with Crippen LogP contribution in [0.2, 0.25) is 0 Å². The van der Waals surface area contributed by atoms with Crippen LogP contribution in [-0.2, 0) is 6.54 Å². The minimum atomic E-state index is -4.52. The van der Waals surface area contributed by atoms with Crippen LogP contribution in [0.4, 0.5) is 13.2 Å². The van der Waals surface area contributed by atoms with Gasteiger partial charge in [-0.25, -0.2) is 0 Å². The quantitative estimate of drug-likeness (QED) is 0.328. The second-order valence-corrected chi connectivity index (χ2v) is 10.8. The number of hydrogen-bond acceptors (Lipinski definition) is 2. The van der Waals surface area contributed by atoms with E-state index < -0.39 is 29.6 Å². The van der Waals surface area contributed by atoms with Crippen LogP contribution in [0.1, 0.15) is 58.8 Å². The van der Waals surface area contributed by atoms with Crippen LogP contribution in [0.25, 0.3) is 32.9 Å². The van der Waals surface area contributed by atoms with Gasteiger partial charge in [0.25, 0.3) is 5.91 Å². The monoisotopic (exact) mass is 489 g/mol. The van der Waals surface area contributed by atoms with Crippen molar-refractivity contribution >= 4 is 27.7 Å². The van der Waals surface area contributed by atoms with E-state index >= 15 is 0 Å². The van der Waals surface area contributed by atoms with Crippen molar-refractivity contribution < 1.29 is 18.0 Å². The van der Waals surface area contributed by atoms with Crippen molar-refractivity contribution in [2.45, 2.75) is 56.9 Å². The number of aromatic nitrogens is 1. The minimum Gasteiger partial charge on any atom is -0.348 e. The van der Waals surface area contributed by atoms with Crippen LogP contribution in [0.5, 0.6) is 0 Å². The van der Waals surface area contributed by atoms with E-state index in [1.54, 1.807) is 0 Å². The third kappa shape index (κ3) is 2.51. The Labute approximate surface area is 206 Å². The van der Waals surface area contributed by atoms with Crippen LogP contribution in [0.15, 0.2) is 48.5 Å². The molecule has 3 N–H and O–H groups in total. The molecule has 3 unspecified atom stereocenters. The molecular weight excluding hydrogens is 463 g/mol. The Kier molecular flexibility index (Phi) is 4.21. The van der Waals surface area contributed by atoms with E-state index in [1.807, 2.05) is 62.4 Å². The molecule has 1 saturated carbocycles. The van der Waals surface area contributed by atoms with E-state index in [0.717, 1.165) is 49.6 Å². The molecule has 4 aromatic rings. The maximum absolute atomic E-state index is 14.6. The largest absolute Gasteiger partial charge is 0.406 e. The SMILES string of the molecule is Cc1ccccc1-c1c2c(c3c4ccccc4n4c3c1[C@@H](C)C1CC4CC1(N)C(F)(F)F)C(=O)NC2. The average molecular weight is 490 g/mol. The summed E-state index contributed by atoms with van der Waals surface area (Å²) >= 11 is 0. The van der Waals surface area contributed by atoms with E-state index in [9.17, 15) is 18.0 Å². The number of nitrogens with one attached hydrogen (secondary N) is 1. The van der Waals surface area contributed by atoms with Gasteiger partial charge in [0, 0.05) is 28.9 Å². The number of amides is 1. The summed E-state index contributed by atoms with van der Waals surface area (Å²) in [7, 11) is 0. The van der Waals surface area contributed by atoms with Crippen molar-refractivity contribution in [2.24, 2.45) is 11.7 Å². The summed E-state index contributed by atoms with van der Waals surface area (Å²) in [5.74, 6) is -1.35. The fourth-order valence-electron chi connectivity index (χ4n) is 7.51. The number of carbonyl (C=O) groups excluding carboxylic acids is 1. The minimum absolute atomic E-state index is 0.125. The predicted octanol–water partition coefficient (Wildman–Crippen LogP) is 6.34. The standard InChI is InChI=1S/C29H26F3N3O/c1-14-7-3-4-8-17(14)23-19-13-34-27(36)25(19)24-18-9-5-6-10-21(18)35-16-11-20(15(2)22(23)26(24)35)28(33,12-16)29(30,31)32/h3-10,15-16,20H,11-13,33H2,1-2H3,(H,34,36)/t15-,16?,20?,28?/m0/s1. The summed E-state index contributed by atoms with van der Waals surface area (Å²) in [4.78, 5) is 13.3. The molecule has 3 aliphatic rings. The molecule has 3 heterocycles. The van der Waals surface area contributed by atoms with Gasteiger partial charge in [-0.15, -0.1) is 0 Å². The second kappa shape index (κ2) is 6.91. The topological polar surface area (TPSA) is 60.0 Å². The van der Waals surface area contributed by atoms with Gasteiger partial charge >= 0.3 is 6.18 Å². The number of nitrogens with zero attached hydrogens (tertiary/aromatic N) is 1. The third-order valence-corrected chi connectivity index (χ3v) is 9.07. The van der Waals surface area contributed by atoms with Crippen molar-refractivity contribution in [3.63, 3.8) is 0 Å². The van der Waals surface area contributed by atoms with Gasteiger partial charge in [-0.3, -0.25) is 4.79 Å². The van der Waals surface area contributed by atoms with Crippen molar-refractivity contribution in [1.82, 2.24) is 9.88 Å². The molecule has 7 heteroatoms. The molecule has 4 atom stereocenters. The highest BCUT2D eigenvalue weighted by Crippen LogP contribution is 2.60. The zero-order valence-corrected chi connectivity index (χ0v) is 20.0. The molecule has 3 aromatic carbocycles. The van der Waals surface area contributed by atoms with Gasteiger partial charge in [-0.05, 0) is 65.5 Å². The molecule has 4 nitrogen and oxygen atoms in total. The molecule has 2 bridgehead atoms. The average Bonchev–Trinajstić information content (AvgIpc) is 3.47. The summed E-state index contributed by atoms with van der Waals surface area (Å²) in [6.45, 7) is 4.27. The van der Waals surface area contributed by atoms with Gasteiger partial charge in [0.15, 0.2) is 0 Å². The number of benzene rings is 3. The van der Waals surface area contributed by atoms with E-state index in [2.05, 4.69) is 9.88 Å². The van der Waals surface area contributed by atoms with Crippen LogP contribution < -0.4 is 11.1 Å². The zero-order chi connectivity index (χ0) is 25.1. The molecule has 0 radical (unpaired) electrons. The fraction of sp³-hybridized carbons (Fsp3) is 0.345. The lowest BCUT2D eigenvalue weighted by Crippen LogP contribution is -2.57. The maximum atomic E-state index is 14.6. The first-order chi connectivity index (χ1) is 17.1. The predicted molar refractivity (Wildman–Crippen MR) is 134 cm³/mol. The van der Waals surface area contributed by atoms with Crippen LogP contribution in [-0.4, -0.2) is 22.2 Å². The van der Waals surface area contributed by atoms with E-state index in [4.69, 9.17) is 5.73 Å². The number of hydrogen-bond donors (Lipinski definition) is 2. The Morgan fingerprint density at radius 2 is 1.81 bits per heavy atom. The molecule has 1 fully saturated rings. The van der Waals surface area contributed by atoms with Gasteiger partial charge < -0.3 is 15.6 Å². The molecule has 1 amide bonds. The lowest BCUT2D eigenvalue weighted by atomic mass is 9.72. The lowest BCUT2D eigenvalue weighted by Gasteiger charge is -2.38. The molecule has 36 heavy (non-hydrogen) atoms. The molecule has 7 rings (SSSR count). The molecule has 0 saturated heterocycles. The summed E-state index contributed by atoms with van der Waals surface area (Å²) in [5, 5.41) is 4.77. The van der Waals surface area contributed by atoms with E-state index in [-0.39, 0.29) is 12.3 Å². The van der Waals surface area contributed by atoms with Crippen LogP contribution in [0, 0.1) is 12.8 Å². The number of carbonyl (C=O) groups is 1. The van der Waals surface area contributed by atoms with Crippen molar-refractivity contribution in [3.8, 4) is 11.1 Å². The van der Waals surface area contributed by atoms with Crippen molar-refractivity contribution in [2.75, 3.05) is 0 Å². The van der Waals surface area contributed by atoms with Gasteiger partial charge in [0.1, 0.15) is 5.54 Å². The van der Waals surface area contributed by atoms with Gasteiger partial charge in [0.05, 0.1) is 11.1 Å². The number of fused-ring (bicyclic) bond motifs is 8. The number of halogens is 3. The smallest absolute Gasteiger partial charge is 0.348 e. The maximum Gasteiger partial charge on any atom is 0.406 e. The molecule has 184 valence electrons. The third-order valence-electron chi connectivity index (χ3n) is 9.07. The second-order valence-electron chi connectivity index (χ2n) is 10.8.